The Bertz CT molecular complexity index is 1250. The van der Waals surface area contributed by atoms with E-state index in [1.54, 1.807) is 13.1 Å². The van der Waals surface area contributed by atoms with Gasteiger partial charge in [0.25, 0.3) is 5.91 Å². The summed E-state index contributed by atoms with van der Waals surface area (Å²) in [5, 5.41) is 16.3. The van der Waals surface area contributed by atoms with Crippen molar-refractivity contribution in [2.75, 3.05) is 13.2 Å². The van der Waals surface area contributed by atoms with E-state index in [0.29, 0.717) is 25.1 Å². The van der Waals surface area contributed by atoms with Crippen LogP contribution in [0.5, 0.6) is 0 Å². The lowest BCUT2D eigenvalue weighted by Gasteiger charge is -2.21. The van der Waals surface area contributed by atoms with Crippen molar-refractivity contribution in [3.63, 3.8) is 0 Å². The number of carboxylic acid groups (broad SMARTS) is 1. The molecule has 2 aromatic carbocycles. The van der Waals surface area contributed by atoms with Gasteiger partial charge in [-0.25, -0.2) is 9.59 Å². The molecule has 180 valence electrons. The number of aliphatic carboxylic acids is 1. The lowest BCUT2D eigenvalue weighted by molar-refractivity contribution is -0.141. The number of carbonyl (C=O) groups excluding carboxylic acids is 2. The number of likely N-dealkylation sites (tertiary alicyclic amines) is 1. The van der Waals surface area contributed by atoms with E-state index in [1.807, 2.05) is 24.3 Å². The van der Waals surface area contributed by atoms with Gasteiger partial charge in [-0.2, -0.15) is 5.10 Å². The molecule has 35 heavy (non-hydrogen) atoms. The third kappa shape index (κ3) is 4.25. The maximum absolute atomic E-state index is 12.9. The summed E-state index contributed by atoms with van der Waals surface area (Å²) in [6.45, 7) is 0.686. The average molecular weight is 475 g/mol. The quantitative estimate of drug-likeness (QED) is 0.567. The number of ether oxygens (including phenoxy) is 1. The normalized spacial score (nSPS) is 16.6. The molecule has 0 saturated carbocycles. The van der Waals surface area contributed by atoms with Gasteiger partial charge in [-0.15, -0.1) is 0 Å². The molecule has 2 aliphatic rings. The second-order valence-corrected chi connectivity index (χ2v) is 8.82. The van der Waals surface area contributed by atoms with Crippen molar-refractivity contribution in [1.82, 2.24) is 20.0 Å². The molecule has 0 bridgehead atoms. The zero-order valence-corrected chi connectivity index (χ0v) is 19.3. The molecular formula is C26H26N4O5. The number of benzene rings is 2. The molecule has 0 radical (unpaired) electrons. The van der Waals surface area contributed by atoms with Gasteiger partial charge in [0.15, 0.2) is 0 Å². The number of fused-ring (bicyclic) bond motifs is 3. The molecule has 2 heterocycles. The maximum Gasteiger partial charge on any atom is 0.407 e. The van der Waals surface area contributed by atoms with Crippen LogP contribution in [0.2, 0.25) is 0 Å². The minimum Gasteiger partial charge on any atom is -0.480 e. The molecule has 0 unspecified atom stereocenters. The molecule has 1 saturated heterocycles. The highest BCUT2D eigenvalue weighted by molar-refractivity contribution is 5.95. The first-order valence-corrected chi connectivity index (χ1v) is 11.6. The topological polar surface area (TPSA) is 114 Å². The zero-order valence-electron chi connectivity index (χ0n) is 19.3. The SMILES string of the molecule is Cn1nc(CNC(=O)OCC2c3ccccc3-c3ccccc32)cc1C(=O)N1CCC[C@H]1C(=O)O. The van der Waals surface area contributed by atoms with Crippen LogP contribution in [0, 0.1) is 0 Å². The average Bonchev–Trinajstić information content (AvgIpc) is 3.57. The predicted octanol–water partition coefficient (Wildman–Crippen LogP) is 3.15. The molecule has 2 amide bonds. The number of amides is 2. The molecule has 1 fully saturated rings. The number of aromatic nitrogens is 2. The van der Waals surface area contributed by atoms with E-state index in [-0.39, 0.29) is 30.7 Å². The Hall–Kier alpha value is -4.14. The van der Waals surface area contributed by atoms with Gasteiger partial charge in [0.2, 0.25) is 0 Å². The zero-order chi connectivity index (χ0) is 24.5. The second kappa shape index (κ2) is 9.25. The Morgan fingerprint density at radius 3 is 2.40 bits per heavy atom. The van der Waals surface area contributed by atoms with Crippen molar-refractivity contribution in [2.24, 2.45) is 7.05 Å². The minimum atomic E-state index is -1.00. The van der Waals surface area contributed by atoms with Crippen LogP contribution < -0.4 is 5.32 Å². The fraction of sp³-hybridized carbons (Fsp3) is 0.308. The van der Waals surface area contributed by atoms with Crippen molar-refractivity contribution in [2.45, 2.75) is 31.3 Å². The number of rotatable bonds is 6. The minimum absolute atomic E-state index is 0.0325. The van der Waals surface area contributed by atoms with E-state index in [4.69, 9.17) is 4.74 Å². The smallest absolute Gasteiger partial charge is 0.407 e. The van der Waals surface area contributed by atoms with Crippen LogP contribution in [0.15, 0.2) is 54.6 Å². The molecule has 3 aromatic rings. The van der Waals surface area contributed by atoms with Crippen LogP contribution in [0.1, 0.15) is 46.1 Å². The Morgan fingerprint density at radius 1 is 1.09 bits per heavy atom. The van der Waals surface area contributed by atoms with Gasteiger partial charge in [0.05, 0.1) is 12.2 Å². The van der Waals surface area contributed by atoms with Gasteiger partial charge >= 0.3 is 12.1 Å². The number of alkyl carbamates (subject to hydrolysis) is 1. The van der Waals surface area contributed by atoms with Crippen molar-refractivity contribution < 1.29 is 24.2 Å². The number of hydrogen-bond donors (Lipinski definition) is 2. The Morgan fingerprint density at radius 2 is 1.74 bits per heavy atom. The van der Waals surface area contributed by atoms with Crippen molar-refractivity contribution in [1.29, 1.82) is 0 Å². The summed E-state index contributed by atoms with van der Waals surface area (Å²) in [6, 6.07) is 17.0. The number of carboxylic acids is 1. The van der Waals surface area contributed by atoms with Crippen LogP contribution >= 0.6 is 0 Å². The molecule has 1 atom stereocenters. The number of hydrogen-bond acceptors (Lipinski definition) is 5. The first-order chi connectivity index (χ1) is 16.9. The molecule has 1 aliphatic carbocycles. The molecule has 9 heteroatoms. The van der Waals surface area contributed by atoms with Crippen LogP contribution in [0.25, 0.3) is 11.1 Å². The lowest BCUT2D eigenvalue weighted by atomic mass is 9.98. The summed E-state index contributed by atoms with van der Waals surface area (Å²) >= 11 is 0. The summed E-state index contributed by atoms with van der Waals surface area (Å²) in [4.78, 5) is 38.1. The van der Waals surface area contributed by atoms with E-state index in [9.17, 15) is 19.5 Å². The van der Waals surface area contributed by atoms with Gasteiger partial charge in [-0.3, -0.25) is 9.48 Å². The number of aryl methyl sites for hydroxylation is 1. The standard InChI is InChI=1S/C26H26N4O5/c1-29-23(24(31)30-12-6-11-22(30)25(32)33)13-16(28-29)14-27-26(34)35-15-21-19-9-4-2-7-17(19)18-8-3-5-10-20(18)21/h2-5,7-10,13,21-22H,6,11-12,14-15H2,1H3,(H,27,34)(H,32,33)/t22-/m0/s1. The molecule has 1 aliphatic heterocycles. The van der Waals surface area contributed by atoms with Gasteiger partial charge in [0, 0.05) is 19.5 Å². The van der Waals surface area contributed by atoms with Crippen LogP contribution in [-0.2, 0) is 23.1 Å². The lowest BCUT2D eigenvalue weighted by Crippen LogP contribution is -2.41. The number of nitrogens with one attached hydrogen (secondary N) is 1. The fourth-order valence-corrected chi connectivity index (χ4v) is 5.04. The molecule has 9 nitrogen and oxygen atoms in total. The van der Waals surface area contributed by atoms with E-state index in [2.05, 4.69) is 34.7 Å². The summed E-state index contributed by atoms with van der Waals surface area (Å²) < 4.78 is 6.95. The molecule has 5 rings (SSSR count). The highest BCUT2D eigenvalue weighted by atomic mass is 16.5. The summed E-state index contributed by atoms with van der Waals surface area (Å²) in [5.74, 6) is -1.41. The Kier molecular flexibility index (Phi) is 5.98. The fourth-order valence-electron chi connectivity index (χ4n) is 5.04. The third-order valence-corrected chi connectivity index (χ3v) is 6.71. The van der Waals surface area contributed by atoms with Gasteiger partial charge in [-0.1, -0.05) is 48.5 Å². The highest BCUT2D eigenvalue weighted by Crippen LogP contribution is 2.44. The predicted molar refractivity (Wildman–Crippen MR) is 127 cm³/mol. The monoisotopic (exact) mass is 474 g/mol. The van der Waals surface area contributed by atoms with Crippen molar-refractivity contribution >= 4 is 18.0 Å². The van der Waals surface area contributed by atoms with Gasteiger partial charge < -0.3 is 20.1 Å². The first kappa shape index (κ1) is 22.6. The summed E-state index contributed by atoms with van der Waals surface area (Å²) in [5.41, 5.74) is 5.35. The van der Waals surface area contributed by atoms with E-state index >= 15 is 0 Å². The van der Waals surface area contributed by atoms with Gasteiger partial charge in [0.1, 0.15) is 18.3 Å². The van der Waals surface area contributed by atoms with Crippen LogP contribution in [0.4, 0.5) is 4.79 Å². The molecule has 0 spiro atoms. The molecular weight excluding hydrogens is 448 g/mol. The van der Waals surface area contributed by atoms with Crippen LogP contribution in [0.3, 0.4) is 0 Å². The summed E-state index contributed by atoms with van der Waals surface area (Å²) in [6.07, 6.45) is 0.516. The number of nitrogens with zero attached hydrogens (tertiary/aromatic N) is 3. The molecule has 1 aromatic heterocycles. The van der Waals surface area contributed by atoms with Crippen molar-refractivity contribution in [3.05, 3.63) is 77.1 Å². The molecule has 2 N–H and O–H groups in total. The number of carbonyl (C=O) groups is 3. The highest BCUT2D eigenvalue weighted by Gasteiger charge is 2.35. The maximum atomic E-state index is 12.9. The van der Waals surface area contributed by atoms with Crippen LogP contribution in [-0.4, -0.2) is 57.0 Å². The third-order valence-electron chi connectivity index (χ3n) is 6.71. The first-order valence-electron chi connectivity index (χ1n) is 11.6. The van der Waals surface area contributed by atoms with E-state index < -0.39 is 18.1 Å². The Balaban J connectivity index is 1.20. The largest absolute Gasteiger partial charge is 0.480 e. The summed E-state index contributed by atoms with van der Waals surface area (Å²) in [7, 11) is 1.62. The van der Waals surface area contributed by atoms with E-state index in [0.717, 1.165) is 22.3 Å². The van der Waals surface area contributed by atoms with Crippen molar-refractivity contribution in [3.8, 4) is 11.1 Å². The van der Waals surface area contributed by atoms with Gasteiger partial charge in [-0.05, 0) is 41.2 Å². The van der Waals surface area contributed by atoms with E-state index in [1.165, 1.54) is 9.58 Å². The Labute approximate surface area is 202 Å². The second-order valence-electron chi connectivity index (χ2n) is 8.82.